The molecule has 0 atom stereocenters. The van der Waals surface area contributed by atoms with Gasteiger partial charge < -0.3 is 4.74 Å². The summed E-state index contributed by atoms with van der Waals surface area (Å²) < 4.78 is 349. The van der Waals surface area contributed by atoms with Gasteiger partial charge in [0, 0.05) is 5.56 Å². The molecule has 0 aliphatic rings. The summed E-state index contributed by atoms with van der Waals surface area (Å²) in [5.74, 6) is 1.75. The molecule has 0 aliphatic carbocycles. The first-order chi connectivity index (χ1) is 37.4. The van der Waals surface area contributed by atoms with Gasteiger partial charge in [-0.05, 0) is 47.9 Å². The van der Waals surface area contributed by atoms with Gasteiger partial charge in [0.1, 0.15) is 18.1 Å². The first kappa shape index (κ1) is 63.4. The van der Waals surface area contributed by atoms with Crippen LogP contribution >= 0.6 is 0 Å². The van der Waals surface area contributed by atoms with Crippen molar-refractivity contribution in [2.45, 2.75) is 75.7 Å². The molecule has 82 heavy (non-hydrogen) atoms. The number of Topliss-reactive ketones (excluding diaryl/α,β-unsaturated/α-hetero) is 1. The molecule has 0 fully saturated rings. The van der Waals surface area contributed by atoms with Crippen molar-refractivity contribution < 1.29 is 119 Å². The normalized spacial score (nSPS) is 13.2. The Bertz CT molecular complexity index is 2970. The van der Waals surface area contributed by atoms with Crippen LogP contribution in [0.1, 0.15) is 80.2 Å². The molecule has 6 aromatic carbocycles. The van der Waals surface area contributed by atoms with Gasteiger partial charge in [0.2, 0.25) is 12.3 Å². The number of hydrogen-bond acceptors (Lipinski definition) is 3. The van der Waals surface area contributed by atoms with Gasteiger partial charge in [-0.25, -0.2) is 4.98 Å². The fourth-order valence-electron chi connectivity index (χ4n) is 8.57. The van der Waals surface area contributed by atoms with Gasteiger partial charge in [-0.15, -0.1) is 0 Å². The third-order valence-electron chi connectivity index (χ3n) is 12.4. The second-order valence-electron chi connectivity index (χ2n) is 18.4. The number of alkyl halides is 24. The highest BCUT2D eigenvalue weighted by atomic mass is 19.4. The van der Waals surface area contributed by atoms with E-state index in [4.69, 9.17) is 4.74 Å². The molecule has 7 rings (SSSR count). The van der Waals surface area contributed by atoms with E-state index in [-0.39, 0.29) is 12.3 Å². The highest BCUT2D eigenvalue weighted by molar-refractivity contribution is 7.20. The number of ketones is 1. The van der Waals surface area contributed by atoms with Crippen LogP contribution < -0.4 is 31.2 Å². The SMILES string of the molecule is CC(C)c1ccc(Oc2cncc[n+]2CC(=O)c2ccccc2)cc1.FC(F)(F)c1cc([B-](c2cc(C(F)(F)F)cc(C(F)(F)F)c2)(c2cc(C(F)(F)F)cc(C(F)(F)F)c2)c2cc(C(F)(F)F)cc(C(F)(F)F)c2)cc(C(F)(F)F)c1. The zero-order valence-corrected chi connectivity index (χ0v) is 41.0. The summed E-state index contributed by atoms with van der Waals surface area (Å²) in [6.45, 7) is 4.51. The molecule has 0 amide bonds. The van der Waals surface area contributed by atoms with Crippen molar-refractivity contribution in [3.8, 4) is 11.6 Å². The van der Waals surface area contributed by atoms with Gasteiger partial charge in [0.05, 0.1) is 50.7 Å². The lowest BCUT2D eigenvalue weighted by Crippen LogP contribution is -2.75. The molecule has 1 heterocycles. The number of halogens is 24. The predicted molar refractivity (Wildman–Crippen MR) is 246 cm³/mol. The quantitative estimate of drug-likeness (QED) is 0.0593. The first-order valence-corrected chi connectivity index (χ1v) is 22.9. The van der Waals surface area contributed by atoms with Crippen molar-refractivity contribution >= 4 is 33.8 Å². The molecule has 29 heteroatoms. The standard InChI is InChI=1S/C32H12BF24.C21H21N2O2/c34-25(35,36)13-1-14(26(37,38)39)6-21(5-13)33(22-7-15(27(40,41)42)2-16(8-22)28(43,44)45,23-9-17(29(46,47)48)3-18(10-23)30(49,50)51)24-11-19(31(52,53)54)4-20(12-24)32(55,56)57;1-16(2)17-8-10-19(11-9-17)25-21-14-22-12-13-23(21)15-20(24)18-6-4-3-5-7-18/h1-12H;3-14,16H,15H2,1-2H3/q-1;+1. The lowest BCUT2D eigenvalue weighted by molar-refractivity contribution is -0.687. The summed E-state index contributed by atoms with van der Waals surface area (Å²) in [5, 5.41) is 0. The summed E-state index contributed by atoms with van der Waals surface area (Å²) >= 11 is 0. The van der Waals surface area contributed by atoms with Crippen LogP contribution in [-0.2, 0) is 56.0 Å². The third kappa shape index (κ3) is 14.8. The fraction of sp³-hybridized carbons (Fsp3) is 0.226. The van der Waals surface area contributed by atoms with Gasteiger partial charge in [0.25, 0.3) is 0 Å². The molecule has 7 aromatic rings. The Kier molecular flexibility index (Phi) is 17.4. The second-order valence-corrected chi connectivity index (χ2v) is 18.4. The largest absolute Gasteiger partial charge is 0.416 e. The molecule has 1 aromatic heterocycles. The van der Waals surface area contributed by atoms with Crippen molar-refractivity contribution in [1.82, 2.24) is 4.98 Å². The number of carbonyl (C=O) groups is 1. The summed E-state index contributed by atoms with van der Waals surface area (Å²) in [5.41, 5.74) is -28.3. The number of ether oxygens (including phenoxy) is 1. The molecule has 0 saturated heterocycles. The zero-order valence-electron chi connectivity index (χ0n) is 41.0. The van der Waals surface area contributed by atoms with E-state index in [1.54, 1.807) is 23.2 Å². The lowest BCUT2D eigenvalue weighted by atomic mass is 9.12. The molecular weight excluding hydrogens is 1160 g/mol. The van der Waals surface area contributed by atoms with Crippen LogP contribution in [0.2, 0.25) is 0 Å². The Morgan fingerprint density at radius 1 is 0.439 bits per heavy atom. The van der Waals surface area contributed by atoms with Gasteiger partial charge in [-0.1, -0.05) is 105 Å². The zero-order chi connectivity index (χ0) is 61.6. The highest BCUT2D eigenvalue weighted by Gasteiger charge is 2.47. The van der Waals surface area contributed by atoms with Crippen molar-refractivity contribution in [2.24, 2.45) is 0 Å². The van der Waals surface area contributed by atoms with E-state index in [1.807, 2.05) is 42.5 Å². The van der Waals surface area contributed by atoms with E-state index in [0.717, 1.165) is 5.75 Å². The van der Waals surface area contributed by atoms with Crippen LogP contribution in [0.3, 0.4) is 0 Å². The number of hydrogen-bond donors (Lipinski definition) is 0. The Balaban J connectivity index is 0.000000357. The van der Waals surface area contributed by atoms with E-state index in [2.05, 4.69) is 31.0 Å². The van der Waals surface area contributed by atoms with Crippen molar-refractivity contribution in [3.05, 3.63) is 202 Å². The van der Waals surface area contributed by atoms with E-state index in [1.165, 1.54) is 5.56 Å². The number of rotatable bonds is 10. The topological polar surface area (TPSA) is 43.1 Å². The number of carbonyl (C=O) groups excluding carboxylic acids is 1. The third-order valence-corrected chi connectivity index (χ3v) is 12.4. The van der Waals surface area contributed by atoms with Gasteiger partial charge in [0.15, 0.2) is 6.20 Å². The maximum absolute atomic E-state index is 14.2. The summed E-state index contributed by atoms with van der Waals surface area (Å²) in [7, 11) is 0. The van der Waals surface area contributed by atoms with E-state index in [0.29, 0.717) is 17.4 Å². The van der Waals surface area contributed by atoms with Crippen LogP contribution in [0.25, 0.3) is 0 Å². The second kappa shape index (κ2) is 22.5. The molecule has 0 unspecified atom stereocenters. The van der Waals surface area contributed by atoms with Crippen molar-refractivity contribution in [2.75, 3.05) is 0 Å². The molecule has 0 saturated carbocycles. The summed E-state index contributed by atoms with van der Waals surface area (Å²) in [4.78, 5) is 16.6. The fourth-order valence-corrected chi connectivity index (χ4v) is 8.57. The molecular formula is C53H33BF24N2O2. The Hall–Kier alpha value is -7.75. The smallest absolute Gasteiger partial charge is 0.404 e. The van der Waals surface area contributed by atoms with E-state index < -0.39 is 195 Å². The molecule has 438 valence electrons. The van der Waals surface area contributed by atoms with Crippen LogP contribution in [0.15, 0.2) is 146 Å². The Labute approximate surface area is 446 Å². The minimum atomic E-state index is -6.13. The maximum atomic E-state index is 14.2. The number of aromatic nitrogens is 2. The van der Waals surface area contributed by atoms with Gasteiger partial charge >= 0.3 is 55.3 Å². The lowest BCUT2D eigenvalue weighted by Gasteiger charge is -2.46. The average Bonchev–Trinajstić information content (AvgIpc) is 1.73. The van der Waals surface area contributed by atoms with Crippen molar-refractivity contribution in [3.63, 3.8) is 0 Å². The van der Waals surface area contributed by atoms with E-state index >= 15 is 0 Å². The molecule has 0 N–H and O–H groups in total. The molecule has 0 bridgehead atoms. The maximum Gasteiger partial charge on any atom is 0.416 e. The Morgan fingerprint density at radius 3 is 1.00 bits per heavy atom. The van der Waals surface area contributed by atoms with Crippen LogP contribution in [-0.4, -0.2) is 16.9 Å². The van der Waals surface area contributed by atoms with Gasteiger partial charge in [-0.3, -0.25) is 4.79 Å². The van der Waals surface area contributed by atoms with Crippen molar-refractivity contribution in [1.29, 1.82) is 0 Å². The molecule has 4 nitrogen and oxygen atoms in total. The average molecular weight is 1200 g/mol. The monoisotopic (exact) mass is 1200 g/mol. The number of nitrogens with zero attached hydrogens (tertiary/aromatic N) is 2. The van der Waals surface area contributed by atoms with E-state index in [9.17, 15) is 110 Å². The summed E-state index contributed by atoms with van der Waals surface area (Å²) in [6.07, 6.45) is -49.8. The Morgan fingerprint density at radius 2 is 0.732 bits per heavy atom. The van der Waals surface area contributed by atoms with Crippen LogP contribution in [0, 0.1) is 0 Å². The predicted octanol–water partition coefficient (Wildman–Crippen LogP) is 15.4. The highest BCUT2D eigenvalue weighted by Crippen LogP contribution is 2.41. The molecule has 0 spiro atoms. The minimum Gasteiger partial charge on any atom is -0.404 e. The molecule has 0 aliphatic heterocycles. The van der Waals surface area contributed by atoms with Crippen LogP contribution in [0.4, 0.5) is 105 Å². The first-order valence-electron chi connectivity index (χ1n) is 22.9. The summed E-state index contributed by atoms with van der Waals surface area (Å²) in [6, 6.07) is 8.41. The number of benzene rings is 6. The van der Waals surface area contributed by atoms with Gasteiger partial charge in [-0.2, -0.15) is 132 Å². The molecule has 0 radical (unpaired) electrons. The van der Waals surface area contributed by atoms with Crippen LogP contribution in [0.5, 0.6) is 11.6 Å². The minimum absolute atomic E-state index is 0.0248.